The van der Waals surface area contributed by atoms with Crippen LogP contribution in [0.25, 0.3) is 11.3 Å². The molecule has 1 heterocycles. The number of nitrogens with zero attached hydrogens (tertiary/aromatic N) is 2. The van der Waals surface area contributed by atoms with Crippen LogP contribution in [-0.4, -0.2) is 23.3 Å². The monoisotopic (exact) mass is 327 g/mol. The number of anilines is 1. The summed E-state index contributed by atoms with van der Waals surface area (Å²) in [4.78, 5) is 12.2. The van der Waals surface area contributed by atoms with Gasteiger partial charge in [0.1, 0.15) is 11.6 Å². The van der Waals surface area contributed by atoms with Crippen LogP contribution >= 0.6 is 0 Å². The first-order valence-electron chi connectivity index (χ1n) is 7.13. The summed E-state index contributed by atoms with van der Waals surface area (Å²) in [6, 6.07) is 10.6. The van der Waals surface area contributed by atoms with Crippen molar-refractivity contribution in [3.05, 3.63) is 59.4 Å². The molecule has 0 atom stereocenters. The lowest BCUT2D eigenvalue weighted by Crippen LogP contribution is -2.12. The van der Waals surface area contributed by atoms with Crippen LogP contribution in [0.3, 0.4) is 0 Å². The van der Waals surface area contributed by atoms with E-state index in [4.69, 9.17) is 9.37 Å². The first kappa shape index (κ1) is 15.7. The fourth-order valence-corrected chi connectivity index (χ4v) is 2.27. The number of carbonyl (C=O) groups is 1. The zero-order chi connectivity index (χ0) is 17.1. The van der Waals surface area contributed by atoms with Crippen molar-refractivity contribution in [1.82, 2.24) is 10.3 Å². The average molecular weight is 327 g/mol. The van der Waals surface area contributed by atoms with Gasteiger partial charge in [-0.2, -0.15) is 0 Å². The summed E-state index contributed by atoms with van der Waals surface area (Å²) >= 11 is 0. The third-order valence-electron chi connectivity index (χ3n) is 3.50. The average Bonchev–Trinajstić information content (AvgIpc) is 3.03. The molecule has 7 heteroatoms. The van der Waals surface area contributed by atoms with E-state index < -0.39 is 11.7 Å². The van der Waals surface area contributed by atoms with Crippen molar-refractivity contribution in [3.63, 3.8) is 0 Å². The molecule has 0 aliphatic carbocycles. The highest BCUT2D eigenvalue weighted by molar-refractivity contribution is 6.05. The van der Waals surface area contributed by atoms with Crippen LogP contribution < -0.4 is 10.1 Å². The third-order valence-corrected chi connectivity index (χ3v) is 3.50. The van der Waals surface area contributed by atoms with Crippen molar-refractivity contribution < 1.29 is 18.6 Å². The van der Waals surface area contributed by atoms with Crippen LogP contribution in [0, 0.1) is 12.7 Å². The molecule has 3 aromatic rings. The Kier molecular flexibility index (Phi) is 4.24. The summed E-state index contributed by atoms with van der Waals surface area (Å²) in [5, 5.41) is 10.2. The van der Waals surface area contributed by atoms with Crippen molar-refractivity contribution in [1.29, 1.82) is 0 Å². The maximum absolute atomic E-state index is 12.9. The molecule has 2 aromatic carbocycles. The van der Waals surface area contributed by atoms with Crippen molar-refractivity contribution in [2.45, 2.75) is 6.92 Å². The van der Waals surface area contributed by atoms with Crippen molar-refractivity contribution in [3.8, 4) is 17.0 Å². The second kappa shape index (κ2) is 6.49. The summed E-state index contributed by atoms with van der Waals surface area (Å²) in [7, 11) is 1.59. The molecular formula is C17H14FN3O3. The van der Waals surface area contributed by atoms with E-state index in [0.717, 1.165) is 16.9 Å². The van der Waals surface area contributed by atoms with Gasteiger partial charge in [0.05, 0.1) is 7.11 Å². The van der Waals surface area contributed by atoms with Gasteiger partial charge >= 0.3 is 0 Å². The molecule has 0 fully saturated rings. The van der Waals surface area contributed by atoms with Gasteiger partial charge in [-0.1, -0.05) is 0 Å². The quantitative estimate of drug-likeness (QED) is 0.794. The van der Waals surface area contributed by atoms with Crippen LogP contribution in [-0.2, 0) is 0 Å². The number of amides is 1. The molecule has 122 valence electrons. The van der Waals surface area contributed by atoms with E-state index in [9.17, 15) is 9.18 Å². The van der Waals surface area contributed by atoms with E-state index in [-0.39, 0.29) is 5.82 Å². The summed E-state index contributed by atoms with van der Waals surface area (Å²) in [6.07, 6.45) is 0. The predicted octanol–water partition coefficient (Wildman–Crippen LogP) is 3.45. The fourth-order valence-electron chi connectivity index (χ4n) is 2.27. The Morgan fingerprint density at radius 1 is 1.17 bits per heavy atom. The molecule has 1 aromatic heterocycles. The summed E-state index contributed by atoms with van der Waals surface area (Å²) in [5.41, 5.74) is 2.34. The molecule has 3 rings (SSSR count). The van der Waals surface area contributed by atoms with Crippen molar-refractivity contribution in [2.75, 3.05) is 12.4 Å². The number of hydrogen-bond donors (Lipinski definition) is 1. The number of rotatable bonds is 4. The number of methoxy groups -OCH3 is 1. The normalized spacial score (nSPS) is 10.5. The molecule has 0 saturated carbocycles. The third kappa shape index (κ3) is 3.10. The highest BCUT2D eigenvalue weighted by Crippen LogP contribution is 2.29. The van der Waals surface area contributed by atoms with Gasteiger partial charge in [0.15, 0.2) is 5.69 Å². The first-order valence-corrected chi connectivity index (χ1v) is 7.13. The predicted molar refractivity (Wildman–Crippen MR) is 85.4 cm³/mol. The Hall–Kier alpha value is -3.22. The summed E-state index contributed by atoms with van der Waals surface area (Å²) in [5.74, 6) is 0.0854. The lowest BCUT2D eigenvalue weighted by atomic mass is 10.1. The topological polar surface area (TPSA) is 77.2 Å². The van der Waals surface area contributed by atoms with E-state index in [1.165, 1.54) is 24.3 Å². The number of ether oxygens (including phenoxy) is 1. The molecule has 0 spiro atoms. The fraction of sp³-hybridized carbons (Fsp3) is 0.118. The van der Waals surface area contributed by atoms with Gasteiger partial charge in [-0.05, 0) is 65.3 Å². The van der Waals surface area contributed by atoms with E-state index >= 15 is 0 Å². The van der Waals surface area contributed by atoms with E-state index in [1.54, 1.807) is 19.2 Å². The molecule has 0 unspecified atom stereocenters. The standard InChI is InChI=1S/C17H14FN3O3/c1-10-9-12(5-8-14(10)23-2)15-16(21-24-20-15)19-17(22)11-3-6-13(18)7-4-11/h3-9H,1-2H3,(H,19,21,22). The molecule has 0 aliphatic heterocycles. The Bertz CT molecular complexity index is 875. The van der Waals surface area contributed by atoms with Gasteiger partial charge in [-0.3, -0.25) is 4.79 Å². The minimum absolute atomic E-state index is 0.189. The van der Waals surface area contributed by atoms with Gasteiger partial charge in [-0.15, -0.1) is 0 Å². The minimum atomic E-state index is -0.433. The largest absolute Gasteiger partial charge is 0.496 e. The molecule has 0 aliphatic rings. The molecule has 0 bridgehead atoms. The van der Waals surface area contributed by atoms with Crippen LogP contribution in [0.4, 0.5) is 10.2 Å². The number of aromatic nitrogens is 2. The van der Waals surface area contributed by atoms with Gasteiger partial charge in [0.2, 0.25) is 5.82 Å². The van der Waals surface area contributed by atoms with E-state index in [0.29, 0.717) is 11.3 Å². The molecule has 24 heavy (non-hydrogen) atoms. The van der Waals surface area contributed by atoms with Crippen molar-refractivity contribution >= 4 is 11.7 Å². The Morgan fingerprint density at radius 3 is 2.58 bits per heavy atom. The van der Waals surface area contributed by atoms with Crippen molar-refractivity contribution in [2.24, 2.45) is 0 Å². The van der Waals surface area contributed by atoms with Gasteiger partial charge < -0.3 is 10.1 Å². The zero-order valence-electron chi connectivity index (χ0n) is 13.0. The lowest BCUT2D eigenvalue weighted by Gasteiger charge is -2.07. The van der Waals surface area contributed by atoms with Crippen LogP contribution in [0.2, 0.25) is 0 Å². The lowest BCUT2D eigenvalue weighted by molar-refractivity contribution is 0.102. The Morgan fingerprint density at radius 2 is 1.92 bits per heavy atom. The second-order valence-corrected chi connectivity index (χ2v) is 5.11. The number of hydrogen-bond acceptors (Lipinski definition) is 5. The number of halogens is 1. The summed E-state index contributed by atoms with van der Waals surface area (Å²) in [6.45, 7) is 1.90. The van der Waals surface area contributed by atoms with Crippen LogP contribution in [0.15, 0.2) is 47.1 Å². The number of benzene rings is 2. The maximum Gasteiger partial charge on any atom is 0.256 e. The van der Waals surface area contributed by atoms with Crippen LogP contribution in [0.5, 0.6) is 5.75 Å². The molecule has 1 N–H and O–H groups in total. The smallest absolute Gasteiger partial charge is 0.256 e. The maximum atomic E-state index is 12.9. The summed E-state index contributed by atoms with van der Waals surface area (Å²) < 4.78 is 22.9. The Balaban J connectivity index is 1.86. The number of nitrogens with one attached hydrogen (secondary N) is 1. The number of aryl methyl sites for hydroxylation is 1. The highest BCUT2D eigenvalue weighted by atomic mass is 19.1. The highest BCUT2D eigenvalue weighted by Gasteiger charge is 2.17. The number of carbonyl (C=O) groups excluding carboxylic acids is 1. The Labute approximate surface area is 137 Å². The molecule has 6 nitrogen and oxygen atoms in total. The van der Waals surface area contributed by atoms with E-state index in [1.807, 2.05) is 13.0 Å². The van der Waals surface area contributed by atoms with Gasteiger partial charge in [0, 0.05) is 11.1 Å². The second-order valence-electron chi connectivity index (χ2n) is 5.11. The molecule has 0 radical (unpaired) electrons. The SMILES string of the molecule is COc1ccc(-c2nonc2NC(=O)c2ccc(F)cc2)cc1C. The van der Waals surface area contributed by atoms with E-state index in [2.05, 4.69) is 15.6 Å². The first-order chi connectivity index (χ1) is 11.6. The van der Waals surface area contributed by atoms with Crippen LogP contribution in [0.1, 0.15) is 15.9 Å². The molecular weight excluding hydrogens is 313 g/mol. The van der Waals surface area contributed by atoms with Gasteiger partial charge in [-0.25, -0.2) is 9.02 Å². The zero-order valence-corrected chi connectivity index (χ0v) is 13.0. The molecule has 0 saturated heterocycles. The van der Waals surface area contributed by atoms with Gasteiger partial charge in [0.25, 0.3) is 5.91 Å². The minimum Gasteiger partial charge on any atom is -0.496 e. The molecule has 1 amide bonds.